The minimum absolute atomic E-state index is 0.212. The van der Waals surface area contributed by atoms with E-state index in [0.29, 0.717) is 17.6 Å². The zero-order chi connectivity index (χ0) is 13.9. The van der Waals surface area contributed by atoms with Crippen molar-refractivity contribution in [1.29, 1.82) is 0 Å². The van der Waals surface area contributed by atoms with E-state index in [2.05, 4.69) is 33.9 Å². The van der Waals surface area contributed by atoms with Crippen LogP contribution in [-0.2, 0) is 4.79 Å². The molecule has 0 spiro atoms. The van der Waals surface area contributed by atoms with Gasteiger partial charge in [0.15, 0.2) is 0 Å². The van der Waals surface area contributed by atoms with Crippen LogP contribution in [0.2, 0.25) is 0 Å². The maximum Gasteiger partial charge on any atom is 0.146 e. The monoisotopic (exact) mass is 248 g/mol. The molecule has 0 aliphatic heterocycles. The molecule has 0 aromatic rings. The average molecular weight is 248 g/mol. The fourth-order valence-corrected chi connectivity index (χ4v) is 3.24. The number of hydrogen-bond acceptors (Lipinski definition) is 1. The van der Waals surface area contributed by atoms with E-state index < -0.39 is 0 Å². The normalized spacial score (nSPS) is 32.6. The molecule has 1 fully saturated rings. The molecule has 0 radical (unpaired) electrons. The van der Waals surface area contributed by atoms with Crippen LogP contribution in [0.1, 0.15) is 53.4 Å². The van der Waals surface area contributed by atoms with Crippen LogP contribution in [0, 0.1) is 23.2 Å². The summed E-state index contributed by atoms with van der Waals surface area (Å²) in [5, 5.41) is 0. The van der Waals surface area contributed by atoms with E-state index in [9.17, 15) is 4.79 Å². The van der Waals surface area contributed by atoms with E-state index in [-0.39, 0.29) is 11.3 Å². The van der Waals surface area contributed by atoms with Gasteiger partial charge in [-0.1, -0.05) is 32.4 Å². The predicted octanol–water partition coefficient (Wildman–Crippen LogP) is 4.79. The highest BCUT2D eigenvalue weighted by Gasteiger charge is 2.47. The van der Waals surface area contributed by atoms with Crippen molar-refractivity contribution in [3.05, 3.63) is 24.8 Å². The molecule has 0 saturated heterocycles. The van der Waals surface area contributed by atoms with Crippen LogP contribution in [-0.4, -0.2) is 5.78 Å². The van der Waals surface area contributed by atoms with Crippen LogP contribution in [0.3, 0.4) is 0 Å². The van der Waals surface area contributed by atoms with Gasteiger partial charge in [-0.25, -0.2) is 0 Å². The van der Waals surface area contributed by atoms with E-state index in [1.165, 1.54) is 0 Å². The zero-order valence-corrected chi connectivity index (χ0v) is 12.5. The molecule has 1 nitrogen and oxygen atoms in total. The minimum Gasteiger partial charge on any atom is -0.298 e. The van der Waals surface area contributed by atoms with E-state index in [1.54, 1.807) is 0 Å². The van der Waals surface area contributed by atoms with Gasteiger partial charge in [-0.2, -0.15) is 0 Å². The highest BCUT2D eigenvalue weighted by molar-refractivity contribution is 5.90. The lowest BCUT2D eigenvalue weighted by Crippen LogP contribution is -2.45. The number of carbonyl (C=O) groups excluding carboxylic acids is 1. The highest BCUT2D eigenvalue weighted by atomic mass is 16.1. The molecule has 102 valence electrons. The van der Waals surface area contributed by atoms with Crippen molar-refractivity contribution < 1.29 is 4.79 Å². The lowest BCUT2D eigenvalue weighted by molar-refractivity contribution is -0.138. The lowest BCUT2D eigenvalue weighted by Gasteiger charge is -2.44. The summed E-state index contributed by atoms with van der Waals surface area (Å²) >= 11 is 0. The van der Waals surface area contributed by atoms with E-state index in [1.807, 2.05) is 13.0 Å². The predicted molar refractivity (Wildman–Crippen MR) is 78.4 cm³/mol. The van der Waals surface area contributed by atoms with E-state index in [4.69, 9.17) is 0 Å². The topological polar surface area (TPSA) is 17.1 Å². The van der Waals surface area contributed by atoms with Crippen LogP contribution in [0.25, 0.3) is 0 Å². The Morgan fingerprint density at radius 2 is 2.11 bits per heavy atom. The number of carbonyl (C=O) groups is 1. The molecule has 1 saturated carbocycles. The summed E-state index contributed by atoms with van der Waals surface area (Å²) in [6.45, 7) is 16.5. The second-order valence-electron chi connectivity index (χ2n) is 6.39. The van der Waals surface area contributed by atoms with Crippen molar-refractivity contribution in [3.63, 3.8) is 0 Å². The fraction of sp³-hybridized carbons (Fsp3) is 0.706. The van der Waals surface area contributed by atoms with Crippen molar-refractivity contribution in [1.82, 2.24) is 0 Å². The number of Topliss-reactive ketones (excluding diaryl/α,β-unsaturated/α-hetero) is 1. The van der Waals surface area contributed by atoms with Gasteiger partial charge in [0.05, 0.1) is 0 Å². The molecule has 1 heteroatoms. The minimum atomic E-state index is -0.313. The summed E-state index contributed by atoms with van der Waals surface area (Å²) in [6, 6.07) is 0. The van der Waals surface area contributed by atoms with Crippen molar-refractivity contribution in [2.24, 2.45) is 23.2 Å². The Labute approximate surface area is 112 Å². The summed E-state index contributed by atoms with van der Waals surface area (Å²) in [6.07, 6.45) is 5.91. The molecule has 0 N–H and O–H groups in total. The summed E-state index contributed by atoms with van der Waals surface area (Å²) in [5.74, 6) is 1.49. The Kier molecular flexibility index (Phi) is 4.95. The molecule has 3 atom stereocenters. The molecule has 0 aromatic heterocycles. The maximum absolute atomic E-state index is 12.8. The second kappa shape index (κ2) is 5.86. The Morgan fingerprint density at radius 1 is 1.50 bits per heavy atom. The summed E-state index contributed by atoms with van der Waals surface area (Å²) in [5.41, 5.74) is 0.842. The van der Waals surface area contributed by atoms with Gasteiger partial charge in [-0.15, -0.1) is 13.2 Å². The maximum atomic E-state index is 12.8. The Balaban J connectivity index is 3.00. The van der Waals surface area contributed by atoms with Gasteiger partial charge in [-0.05, 0) is 44.4 Å². The molecule has 1 rings (SSSR count). The zero-order valence-electron chi connectivity index (χ0n) is 12.5. The third-order valence-electron chi connectivity index (χ3n) is 4.72. The highest BCUT2D eigenvalue weighted by Crippen LogP contribution is 2.47. The van der Waals surface area contributed by atoms with Crippen molar-refractivity contribution in [3.8, 4) is 0 Å². The van der Waals surface area contributed by atoms with Crippen molar-refractivity contribution in [2.75, 3.05) is 0 Å². The number of hydrogen-bond donors (Lipinski definition) is 0. The van der Waals surface area contributed by atoms with Gasteiger partial charge in [0, 0.05) is 11.3 Å². The van der Waals surface area contributed by atoms with Gasteiger partial charge in [0.2, 0.25) is 0 Å². The lowest BCUT2D eigenvalue weighted by atomic mass is 9.58. The van der Waals surface area contributed by atoms with E-state index in [0.717, 1.165) is 31.3 Å². The van der Waals surface area contributed by atoms with Crippen LogP contribution in [0.15, 0.2) is 24.8 Å². The quantitative estimate of drug-likeness (QED) is 0.639. The Morgan fingerprint density at radius 3 is 2.56 bits per heavy atom. The van der Waals surface area contributed by atoms with Gasteiger partial charge < -0.3 is 0 Å². The third-order valence-corrected chi connectivity index (χ3v) is 4.72. The largest absolute Gasteiger partial charge is 0.298 e. The second-order valence-corrected chi connectivity index (χ2v) is 6.39. The van der Waals surface area contributed by atoms with Gasteiger partial charge in [0.1, 0.15) is 5.78 Å². The van der Waals surface area contributed by atoms with Crippen LogP contribution >= 0.6 is 0 Å². The smallest absolute Gasteiger partial charge is 0.146 e. The SMILES string of the molecule is C=CC1(CCC(=C)C)C(=O)[C@H](C(C)C)CC[C@H]1C. The van der Waals surface area contributed by atoms with Crippen molar-refractivity contribution >= 4 is 5.78 Å². The molecule has 1 aliphatic rings. The first-order valence-corrected chi connectivity index (χ1v) is 7.17. The molecule has 0 aromatic carbocycles. The molecule has 0 bridgehead atoms. The number of rotatable bonds is 5. The molecular formula is C17H28O. The first-order chi connectivity index (χ1) is 8.35. The third kappa shape index (κ3) is 2.76. The summed E-state index contributed by atoms with van der Waals surface area (Å²) in [7, 11) is 0. The van der Waals surface area contributed by atoms with Crippen LogP contribution in [0.4, 0.5) is 0 Å². The van der Waals surface area contributed by atoms with Gasteiger partial charge in [-0.3, -0.25) is 4.79 Å². The average Bonchev–Trinajstić information content (AvgIpc) is 2.29. The fourth-order valence-electron chi connectivity index (χ4n) is 3.24. The molecule has 1 unspecified atom stereocenters. The number of allylic oxidation sites excluding steroid dienone is 2. The first kappa shape index (κ1) is 15.2. The Bertz CT molecular complexity index is 340. The summed E-state index contributed by atoms with van der Waals surface area (Å²) in [4.78, 5) is 12.8. The van der Waals surface area contributed by atoms with E-state index >= 15 is 0 Å². The van der Waals surface area contributed by atoms with Gasteiger partial charge in [0.25, 0.3) is 0 Å². The standard InChI is InChI=1S/C17H28O/c1-7-17(11-10-12(2)3)14(6)8-9-15(13(4)5)16(17)18/h7,13-15H,1-2,8-11H2,3-6H3/t14-,15+,17?/m1/s1. The molecule has 1 aliphatic carbocycles. The molecule has 18 heavy (non-hydrogen) atoms. The van der Waals surface area contributed by atoms with Crippen LogP contribution in [0.5, 0.6) is 0 Å². The molecule has 0 amide bonds. The molecular weight excluding hydrogens is 220 g/mol. The van der Waals surface area contributed by atoms with Crippen molar-refractivity contribution in [2.45, 2.75) is 53.4 Å². The first-order valence-electron chi connectivity index (χ1n) is 7.17. The summed E-state index contributed by atoms with van der Waals surface area (Å²) < 4.78 is 0. The molecule has 0 heterocycles. The Hall–Kier alpha value is -0.850. The number of ketones is 1. The van der Waals surface area contributed by atoms with Gasteiger partial charge >= 0.3 is 0 Å². The van der Waals surface area contributed by atoms with Crippen LogP contribution < -0.4 is 0 Å².